The highest BCUT2D eigenvalue weighted by molar-refractivity contribution is 8.26. The molecule has 1 saturated heterocycles. The quantitative estimate of drug-likeness (QED) is 0.265. The Morgan fingerprint density at radius 2 is 2.04 bits per heavy atom. The molecule has 0 saturated carbocycles. The van der Waals surface area contributed by atoms with Crippen molar-refractivity contribution in [3.05, 3.63) is 51.4 Å². The van der Waals surface area contributed by atoms with Crippen LogP contribution in [0.4, 0.5) is 11.4 Å². The first-order chi connectivity index (χ1) is 11.9. The summed E-state index contributed by atoms with van der Waals surface area (Å²) >= 11 is 6.25. The monoisotopic (exact) mass is 375 g/mol. The van der Waals surface area contributed by atoms with Gasteiger partial charge in [-0.1, -0.05) is 30.1 Å². The van der Waals surface area contributed by atoms with E-state index in [1.54, 1.807) is 13.0 Å². The molecule has 7 nitrogen and oxygen atoms in total. The fraction of sp³-hybridized carbons (Fsp3) is 0.188. The van der Waals surface area contributed by atoms with E-state index in [2.05, 4.69) is 6.58 Å². The van der Waals surface area contributed by atoms with Gasteiger partial charge in [-0.25, -0.2) is 0 Å². The Bertz CT molecular complexity index is 878. The molecule has 0 N–H and O–H groups in total. The number of rotatable bonds is 4. The number of anilines is 1. The van der Waals surface area contributed by atoms with Gasteiger partial charge in [-0.05, 0) is 13.0 Å². The summed E-state index contributed by atoms with van der Waals surface area (Å²) in [7, 11) is 0. The van der Waals surface area contributed by atoms with Crippen LogP contribution >= 0.6 is 24.0 Å². The third kappa shape index (κ3) is 2.65. The van der Waals surface area contributed by atoms with Crippen molar-refractivity contribution in [3.63, 3.8) is 0 Å². The molecular weight excluding hydrogens is 362 g/mol. The van der Waals surface area contributed by atoms with Crippen molar-refractivity contribution >= 4 is 57.1 Å². The van der Waals surface area contributed by atoms with Gasteiger partial charge in [0.15, 0.2) is 0 Å². The molecule has 0 radical (unpaired) electrons. The summed E-state index contributed by atoms with van der Waals surface area (Å²) in [5.74, 6) is -0.731. The minimum atomic E-state index is -0.528. The third-order valence-corrected chi connectivity index (χ3v) is 5.36. The number of hydrogen-bond acceptors (Lipinski definition) is 6. The molecule has 0 unspecified atom stereocenters. The summed E-state index contributed by atoms with van der Waals surface area (Å²) in [6.07, 6.45) is 1.55. The van der Waals surface area contributed by atoms with Gasteiger partial charge in [0.05, 0.1) is 21.1 Å². The molecule has 2 aliphatic rings. The molecule has 0 spiro atoms. The first-order valence-corrected chi connectivity index (χ1v) is 8.62. The summed E-state index contributed by atoms with van der Waals surface area (Å²) in [5.41, 5.74) is 0.982. The normalized spacial score (nSPS) is 19.6. The maximum absolute atomic E-state index is 12.8. The molecule has 0 atom stereocenters. The highest BCUT2D eigenvalue weighted by atomic mass is 32.2. The van der Waals surface area contributed by atoms with Crippen LogP contribution in [-0.4, -0.2) is 39.0 Å². The third-order valence-electron chi connectivity index (χ3n) is 3.91. The second-order valence-corrected chi connectivity index (χ2v) is 6.93. The molecule has 0 bridgehead atoms. The van der Waals surface area contributed by atoms with Crippen molar-refractivity contribution in [2.45, 2.75) is 6.92 Å². The molecule has 128 valence electrons. The van der Waals surface area contributed by atoms with Crippen molar-refractivity contribution < 1.29 is 14.5 Å². The van der Waals surface area contributed by atoms with E-state index in [0.29, 0.717) is 22.1 Å². The van der Waals surface area contributed by atoms with Gasteiger partial charge in [0.25, 0.3) is 17.5 Å². The summed E-state index contributed by atoms with van der Waals surface area (Å²) in [5, 5.41) is 11.1. The van der Waals surface area contributed by atoms with E-state index in [4.69, 9.17) is 12.2 Å². The minimum Gasteiger partial charge on any atom is -0.308 e. The van der Waals surface area contributed by atoms with Gasteiger partial charge in [-0.3, -0.25) is 24.6 Å². The van der Waals surface area contributed by atoms with E-state index < -0.39 is 4.92 Å². The number of hydrogen-bond donors (Lipinski definition) is 0. The van der Waals surface area contributed by atoms with Crippen LogP contribution in [0, 0.1) is 10.1 Å². The van der Waals surface area contributed by atoms with Crippen molar-refractivity contribution in [2.75, 3.05) is 18.0 Å². The lowest BCUT2D eigenvalue weighted by atomic mass is 10.1. The van der Waals surface area contributed by atoms with Gasteiger partial charge in [-0.2, -0.15) is 0 Å². The van der Waals surface area contributed by atoms with Crippen molar-refractivity contribution in [1.82, 2.24) is 4.90 Å². The van der Waals surface area contributed by atoms with Crippen LogP contribution in [0.3, 0.4) is 0 Å². The molecule has 9 heteroatoms. The molecule has 2 aliphatic heterocycles. The number of nitrogens with zero attached hydrogens (tertiary/aromatic N) is 3. The second kappa shape index (κ2) is 6.41. The number of benzene rings is 1. The Balaban J connectivity index is 2.21. The van der Waals surface area contributed by atoms with Gasteiger partial charge >= 0.3 is 0 Å². The van der Waals surface area contributed by atoms with Crippen LogP contribution in [0.1, 0.15) is 12.5 Å². The highest BCUT2D eigenvalue weighted by Crippen LogP contribution is 2.45. The summed E-state index contributed by atoms with van der Waals surface area (Å²) < 4.78 is 0.335. The average Bonchev–Trinajstić information content (AvgIpc) is 3.01. The maximum atomic E-state index is 12.8. The number of fused-ring (bicyclic) bond motifs is 1. The fourth-order valence-corrected chi connectivity index (χ4v) is 4.15. The molecule has 1 aromatic carbocycles. The average molecular weight is 375 g/mol. The van der Waals surface area contributed by atoms with Crippen LogP contribution in [0.15, 0.2) is 35.8 Å². The zero-order valence-corrected chi connectivity index (χ0v) is 14.9. The largest absolute Gasteiger partial charge is 0.308 e. The predicted molar refractivity (Wildman–Crippen MR) is 100 cm³/mol. The summed E-state index contributed by atoms with van der Waals surface area (Å²) in [6.45, 7) is 6.03. The molecule has 1 aromatic rings. The van der Waals surface area contributed by atoms with Crippen LogP contribution in [-0.2, 0) is 9.59 Å². The van der Waals surface area contributed by atoms with Crippen LogP contribution in [0.25, 0.3) is 5.57 Å². The Labute approximate surface area is 153 Å². The van der Waals surface area contributed by atoms with E-state index in [1.165, 1.54) is 28.0 Å². The van der Waals surface area contributed by atoms with E-state index in [0.717, 1.165) is 11.8 Å². The van der Waals surface area contributed by atoms with Gasteiger partial charge in [0, 0.05) is 30.8 Å². The molecule has 25 heavy (non-hydrogen) atoms. The zero-order chi connectivity index (χ0) is 18.3. The SMILES string of the molecule is C=CCN1C(=O)/C(=C2/C(=O)N(CC)c3ccc([N+](=O)[O-])cc32)SC1=S. The zero-order valence-electron chi connectivity index (χ0n) is 13.2. The molecular formula is C16H13N3O4S2. The minimum absolute atomic E-state index is 0.136. The summed E-state index contributed by atoms with van der Waals surface area (Å²) in [4.78, 5) is 39.1. The Morgan fingerprint density at radius 3 is 2.64 bits per heavy atom. The first kappa shape index (κ1) is 17.3. The van der Waals surface area contributed by atoms with E-state index >= 15 is 0 Å². The first-order valence-electron chi connectivity index (χ1n) is 7.40. The smallest absolute Gasteiger partial charge is 0.270 e. The number of carbonyl (C=O) groups is 2. The van der Waals surface area contributed by atoms with E-state index in [-0.39, 0.29) is 34.5 Å². The molecule has 2 heterocycles. The molecule has 0 aromatic heterocycles. The number of likely N-dealkylation sites (N-methyl/N-ethyl adjacent to an activating group) is 1. The lowest BCUT2D eigenvalue weighted by Crippen LogP contribution is -2.29. The van der Waals surface area contributed by atoms with Crippen LogP contribution in [0.2, 0.25) is 0 Å². The Morgan fingerprint density at radius 1 is 1.32 bits per heavy atom. The van der Waals surface area contributed by atoms with Crippen LogP contribution < -0.4 is 4.90 Å². The van der Waals surface area contributed by atoms with Gasteiger partial charge in [0.1, 0.15) is 4.32 Å². The lowest BCUT2D eigenvalue weighted by molar-refractivity contribution is -0.384. The molecule has 0 aliphatic carbocycles. The van der Waals surface area contributed by atoms with Gasteiger partial charge < -0.3 is 4.90 Å². The number of nitro groups is 1. The lowest BCUT2D eigenvalue weighted by Gasteiger charge is -2.13. The molecule has 3 rings (SSSR count). The van der Waals surface area contributed by atoms with Crippen molar-refractivity contribution in [2.24, 2.45) is 0 Å². The highest BCUT2D eigenvalue weighted by Gasteiger charge is 2.41. The number of carbonyl (C=O) groups excluding carboxylic acids is 2. The number of nitro benzene ring substituents is 1. The van der Waals surface area contributed by atoms with Crippen molar-refractivity contribution in [3.8, 4) is 0 Å². The van der Waals surface area contributed by atoms with Gasteiger partial charge in [-0.15, -0.1) is 6.58 Å². The second-order valence-electron chi connectivity index (χ2n) is 5.28. The van der Waals surface area contributed by atoms with Crippen molar-refractivity contribution in [1.29, 1.82) is 0 Å². The predicted octanol–water partition coefficient (Wildman–Crippen LogP) is 2.72. The fourth-order valence-electron chi connectivity index (χ4n) is 2.80. The van der Waals surface area contributed by atoms with E-state index in [9.17, 15) is 19.7 Å². The Kier molecular flexibility index (Phi) is 4.44. The van der Waals surface area contributed by atoms with E-state index in [1.807, 2.05) is 0 Å². The molecule has 2 amide bonds. The number of non-ortho nitro benzene ring substituents is 1. The summed E-state index contributed by atoms with van der Waals surface area (Å²) in [6, 6.07) is 4.21. The number of thioether (sulfide) groups is 1. The van der Waals surface area contributed by atoms with Gasteiger partial charge in [0.2, 0.25) is 0 Å². The topological polar surface area (TPSA) is 83.8 Å². The number of amides is 2. The molecule has 1 fully saturated rings. The van der Waals surface area contributed by atoms with Crippen LogP contribution in [0.5, 0.6) is 0 Å². The standard InChI is InChI=1S/C16H13N3O4S2/c1-3-7-18-15(21)13(25-16(18)24)12-10-8-9(19(22)23)5-6-11(10)17(4-2)14(12)20/h3,5-6,8H,1,4,7H2,2H3/b13-12-. The number of thiocarbonyl (C=S) groups is 1. The Hall–Kier alpha value is -2.52. The maximum Gasteiger partial charge on any atom is 0.270 e.